The number of fused-ring (bicyclic) bond motifs is 1. The first-order valence-corrected chi connectivity index (χ1v) is 11.8. The van der Waals surface area contributed by atoms with Crippen molar-refractivity contribution in [3.63, 3.8) is 0 Å². The van der Waals surface area contributed by atoms with Crippen LogP contribution >= 0.6 is 0 Å². The van der Waals surface area contributed by atoms with E-state index in [4.69, 9.17) is 0 Å². The number of sulfonamides is 1. The van der Waals surface area contributed by atoms with Gasteiger partial charge >= 0.3 is 0 Å². The van der Waals surface area contributed by atoms with Gasteiger partial charge < -0.3 is 4.90 Å². The molecule has 4 rings (SSSR count). The van der Waals surface area contributed by atoms with Gasteiger partial charge in [-0.15, -0.1) is 0 Å². The number of hydrogen-bond acceptors (Lipinski definition) is 3. The molecule has 1 unspecified atom stereocenters. The average Bonchev–Trinajstić information content (AvgIpc) is 3.07. The molecule has 1 aliphatic heterocycles. The molecule has 0 aliphatic carbocycles. The van der Waals surface area contributed by atoms with E-state index in [1.807, 2.05) is 31.2 Å². The Labute approximate surface area is 181 Å². The molecule has 0 bridgehead atoms. The highest BCUT2D eigenvalue weighted by atomic mass is 32.2. The highest BCUT2D eigenvalue weighted by molar-refractivity contribution is 7.92. The van der Waals surface area contributed by atoms with Crippen molar-refractivity contribution in [2.75, 3.05) is 15.5 Å². The molecule has 0 radical (unpaired) electrons. The van der Waals surface area contributed by atoms with Crippen LogP contribution in [-0.2, 0) is 23.0 Å². The van der Waals surface area contributed by atoms with E-state index in [0.717, 1.165) is 28.2 Å². The summed E-state index contributed by atoms with van der Waals surface area (Å²) in [6.45, 7) is 1.88. The lowest BCUT2D eigenvalue weighted by Crippen LogP contribution is -2.35. The van der Waals surface area contributed by atoms with Crippen molar-refractivity contribution in [1.29, 1.82) is 0 Å². The van der Waals surface area contributed by atoms with Crippen LogP contribution in [0.2, 0.25) is 0 Å². The van der Waals surface area contributed by atoms with E-state index in [1.54, 1.807) is 47.4 Å². The van der Waals surface area contributed by atoms with Gasteiger partial charge in [0.15, 0.2) is 0 Å². The second-order valence-electron chi connectivity index (χ2n) is 7.76. The van der Waals surface area contributed by atoms with E-state index in [-0.39, 0.29) is 24.1 Å². The van der Waals surface area contributed by atoms with Crippen LogP contribution in [0.15, 0.2) is 72.8 Å². The third-order valence-electron chi connectivity index (χ3n) is 5.50. The molecule has 0 spiro atoms. The molecule has 0 fully saturated rings. The van der Waals surface area contributed by atoms with Crippen LogP contribution in [0.4, 0.5) is 15.8 Å². The highest BCUT2D eigenvalue weighted by Crippen LogP contribution is 2.33. The molecule has 1 amide bonds. The van der Waals surface area contributed by atoms with E-state index >= 15 is 0 Å². The first-order valence-electron chi connectivity index (χ1n) is 9.98. The van der Waals surface area contributed by atoms with E-state index in [1.165, 1.54) is 6.07 Å². The summed E-state index contributed by atoms with van der Waals surface area (Å²) in [4.78, 5) is 15.0. The molecular formula is C24H23FN2O3S. The van der Waals surface area contributed by atoms with Gasteiger partial charge in [-0.2, -0.15) is 0 Å². The second-order valence-corrected chi connectivity index (χ2v) is 9.67. The number of anilines is 2. The smallest absolute Gasteiger partial charge is 0.258 e. The Morgan fingerprint density at radius 3 is 2.35 bits per heavy atom. The number of para-hydroxylation sites is 1. The van der Waals surface area contributed by atoms with Gasteiger partial charge in [0, 0.05) is 22.9 Å². The van der Waals surface area contributed by atoms with Crippen LogP contribution in [0.1, 0.15) is 28.4 Å². The predicted molar refractivity (Wildman–Crippen MR) is 120 cm³/mol. The zero-order valence-corrected chi connectivity index (χ0v) is 18.1. The van der Waals surface area contributed by atoms with Gasteiger partial charge in [-0.3, -0.25) is 9.10 Å². The monoisotopic (exact) mass is 438 g/mol. The summed E-state index contributed by atoms with van der Waals surface area (Å²) in [5.74, 6) is -0.603. The lowest BCUT2D eigenvalue weighted by molar-refractivity contribution is 0.0981. The number of halogens is 1. The van der Waals surface area contributed by atoms with Crippen LogP contribution < -0.4 is 9.21 Å². The maximum Gasteiger partial charge on any atom is 0.258 e. The number of carbonyl (C=O) groups excluding carboxylic acids is 1. The quantitative estimate of drug-likeness (QED) is 0.594. The summed E-state index contributed by atoms with van der Waals surface area (Å²) in [6, 6.07) is 20.3. The van der Waals surface area contributed by atoms with Gasteiger partial charge in [0.1, 0.15) is 5.82 Å². The van der Waals surface area contributed by atoms with Crippen LogP contribution in [0, 0.1) is 5.82 Å². The summed E-state index contributed by atoms with van der Waals surface area (Å²) in [5.41, 5.74) is 3.15. The standard InChI is InChI=1S/C24H23FN2O3S/c1-17-15-19-7-4-6-10-23(19)27(17)24(28)18-11-13-21(14-12-18)26(31(2,29)30)16-20-8-3-5-9-22(20)25/h3-14,17H,15-16H2,1-2H3. The van der Waals surface area contributed by atoms with Gasteiger partial charge in [-0.1, -0.05) is 36.4 Å². The SMILES string of the molecule is CC1Cc2ccccc2N1C(=O)c1ccc(N(Cc2ccccc2F)S(C)(=O)=O)cc1. The van der Waals surface area contributed by atoms with Gasteiger partial charge in [0.05, 0.1) is 18.5 Å². The number of benzene rings is 3. The van der Waals surface area contributed by atoms with Gasteiger partial charge in [-0.05, 0) is 55.3 Å². The first-order chi connectivity index (χ1) is 14.8. The van der Waals surface area contributed by atoms with Crippen LogP contribution in [-0.4, -0.2) is 26.6 Å². The van der Waals surface area contributed by atoms with Crippen molar-refractivity contribution in [3.8, 4) is 0 Å². The second kappa shape index (κ2) is 8.15. The van der Waals surface area contributed by atoms with E-state index in [9.17, 15) is 17.6 Å². The van der Waals surface area contributed by atoms with Gasteiger partial charge in [-0.25, -0.2) is 12.8 Å². The molecule has 1 atom stereocenters. The number of hydrogen-bond donors (Lipinski definition) is 0. The highest BCUT2D eigenvalue weighted by Gasteiger charge is 2.31. The largest absolute Gasteiger partial charge is 0.305 e. The summed E-state index contributed by atoms with van der Waals surface area (Å²) >= 11 is 0. The minimum absolute atomic E-state index is 0.0400. The van der Waals surface area contributed by atoms with Crippen molar-refractivity contribution in [1.82, 2.24) is 0 Å². The Kier molecular flexibility index (Phi) is 5.54. The maximum atomic E-state index is 14.1. The van der Waals surface area contributed by atoms with Crippen LogP contribution in [0.25, 0.3) is 0 Å². The molecule has 0 N–H and O–H groups in total. The zero-order valence-electron chi connectivity index (χ0n) is 17.3. The Balaban J connectivity index is 1.62. The summed E-state index contributed by atoms with van der Waals surface area (Å²) < 4.78 is 40.0. The lowest BCUT2D eigenvalue weighted by atomic mass is 10.1. The van der Waals surface area contributed by atoms with Crippen molar-refractivity contribution in [2.24, 2.45) is 0 Å². The van der Waals surface area contributed by atoms with Crippen molar-refractivity contribution >= 4 is 27.3 Å². The average molecular weight is 439 g/mol. The number of nitrogens with zero attached hydrogens (tertiary/aromatic N) is 2. The predicted octanol–water partition coefficient (Wildman–Crippen LogP) is 4.38. The van der Waals surface area contributed by atoms with Gasteiger partial charge in [0.25, 0.3) is 5.91 Å². The third-order valence-corrected chi connectivity index (χ3v) is 6.64. The molecule has 1 aliphatic rings. The summed E-state index contributed by atoms with van der Waals surface area (Å²) in [6.07, 6.45) is 1.88. The minimum Gasteiger partial charge on any atom is -0.305 e. The van der Waals surface area contributed by atoms with E-state index in [2.05, 4.69) is 0 Å². The van der Waals surface area contributed by atoms with E-state index in [0.29, 0.717) is 11.3 Å². The topological polar surface area (TPSA) is 57.7 Å². The Morgan fingerprint density at radius 1 is 1.03 bits per heavy atom. The Bertz CT molecular complexity index is 1230. The molecule has 0 aromatic heterocycles. The molecule has 1 heterocycles. The normalized spacial score (nSPS) is 15.6. The molecular weight excluding hydrogens is 415 g/mol. The summed E-state index contributed by atoms with van der Waals surface area (Å²) in [5, 5.41) is 0. The fraction of sp³-hybridized carbons (Fsp3) is 0.208. The Hall–Kier alpha value is -3.19. The maximum absolute atomic E-state index is 14.1. The molecule has 160 valence electrons. The molecule has 0 saturated heterocycles. The molecule has 5 nitrogen and oxygen atoms in total. The molecule has 31 heavy (non-hydrogen) atoms. The number of rotatable bonds is 5. The minimum atomic E-state index is -3.66. The van der Waals surface area contributed by atoms with Crippen LogP contribution in [0.5, 0.6) is 0 Å². The van der Waals surface area contributed by atoms with Crippen molar-refractivity contribution in [3.05, 3.63) is 95.3 Å². The zero-order chi connectivity index (χ0) is 22.2. The molecule has 7 heteroatoms. The summed E-state index contributed by atoms with van der Waals surface area (Å²) in [7, 11) is -3.66. The molecule has 0 saturated carbocycles. The Morgan fingerprint density at radius 2 is 1.68 bits per heavy atom. The lowest BCUT2D eigenvalue weighted by Gasteiger charge is -2.25. The van der Waals surface area contributed by atoms with Crippen molar-refractivity contribution < 1.29 is 17.6 Å². The molecule has 3 aromatic carbocycles. The number of carbonyl (C=O) groups is 1. The van der Waals surface area contributed by atoms with Gasteiger partial charge in [0.2, 0.25) is 10.0 Å². The van der Waals surface area contributed by atoms with Crippen LogP contribution in [0.3, 0.4) is 0 Å². The fourth-order valence-electron chi connectivity index (χ4n) is 3.97. The first kappa shape index (κ1) is 21.1. The molecule has 3 aromatic rings. The third kappa shape index (κ3) is 4.18. The fourth-order valence-corrected chi connectivity index (χ4v) is 4.84. The number of amides is 1. The van der Waals surface area contributed by atoms with Crippen molar-refractivity contribution in [2.45, 2.75) is 25.9 Å². The van der Waals surface area contributed by atoms with E-state index < -0.39 is 15.8 Å².